The van der Waals surface area contributed by atoms with Gasteiger partial charge in [0.1, 0.15) is 0 Å². The molecule has 0 fully saturated rings. The van der Waals surface area contributed by atoms with Crippen LogP contribution >= 0.6 is 0 Å². The predicted molar refractivity (Wildman–Crippen MR) is 69.5 cm³/mol. The molecule has 0 amide bonds. The first kappa shape index (κ1) is 14.5. The first-order valence-corrected chi connectivity index (χ1v) is 6.06. The van der Waals surface area contributed by atoms with Gasteiger partial charge in [-0.15, -0.1) is 0 Å². The van der Waals surface area contributed by atoms with Crippen LogP contribution in [0.25, 0.3) is 10.9 Å². The molecule has 0 saturated carbocycles. The van der Waals surface area contributed by atoms with Crippen LogP contribution in [-0.4, -0.2) is 22.6 Å². The summed E-state index contributed by atoms with van der Waals surface area (Å²) in [6.45, 7) is 2.29. The summed E-state index contributed by atoms with van der Waals surface area (Å²) in [6.07, 6.45) is -3.16. The Bertz CT molecular complexity index is 679. The summed E-state index contributed by atoms with van der Waals surface area (Å²) in [4.78, 5) is 16.1. The van der Waals surface area contributed by atoms with Crippen LogP contribution < -0.4 is 10.9 Å². The van der Waals surface area contributed by atoms with E-state index in [9.17, 15) is 18.0 Å². The van der Waals surface area contributed by atoms with Crippen molar-refractivity contribution < 1.29 is 13.2 Å². The molecule has 1 heterocycles. The van der Waals surface area contributed by atoms with Crippen molar-refractivity contribution in [3.63, 3.8) is 0 Å². The first-order chi connectivity index (χ1) is 9.32. The second kappa shape index (κ2) is 5.24. The van der Waals surface area contributed by atoms with Crippen LogP contribution in [0.2, 0.25) is 0 Å². The Hall–Kier alpha value is -1.89. The van der Waals surface area contributed by atoms with E-state index in [0.29, 0.717) is 6.54 Å². The molecule has 1 atom stereocenters. The van der Waals surface area contributed by atoms with Crippen molar-refractivity contribution in [2.24, 2.45) is 0 Å². The minimum Gasteiger partial charge on any atom is -0.315 e. The Balaban J connectivity index is 2.50. The molecule has 1 unspecified atom stereocenters. The molecule has 1 aromatic heterocycles. The predicted octanol–water partition coefficient (Wildman–Crippen LogP) is 2.02. The molecule has 0 radical (unpaired) electrons. The molecule has 4 nitrogen and oxygen atoms in total. The van der Waals surface area contributed by atoms with E-state index in [1.54, 1.807) is 7.05 Å². The van der Waals surface area contributed by atoms with E-state index in [4.69, 9.17) is 0 Å². The number of alkyl halides is 3. The SMILES string of the molecule is CNC(C)Cn1cnc2cc(C(F)(F)F)ccc2c1=O. The Morgan fingerprint density at radius 3 is 2.70 bits per heavy atom. The highest BCUT2D eigenvalue weighted by Gasteiger charge is 2.30. The number of hydrogen-bond acceptors (Lipinski definition) is 3. The van der Waals surface area contributed by atoms with Crippen LogP contribution in [0.15, 0.2) is 29.3 Å². The van der Waals surface area contributed by atoms with E-state index in [0.717, 1.165) is 12.1 Å². The third kappa shape index (κ3) is 2.82. The molecule has 0 aliphatic rings. The normalized spacial score (nSPS) is 13.7. The monoisotopic (exact) mass is 285 g/mol. The first-order valence-electron chi connectivity index (χ1n) is 6.06. The average Bonchev–Trinajstić information content (AvgIpc) is 2.40. The molecular formula is C13H14F3N3O. The van der Waals surface area contributed by atoms with E-state index in [1.807, 2.05) is 6.92 Å². The Morgan fingerprint density at radius 1 is 1.40 bits per heavy atom. The summed E-state index contributed by atoms with van der Waals surface area (Å²) in [6, 6.07) is 3.02. The highest BCUT2D eigenvalue weighted by atomic mass is 19.4. The van der Waals surface area contributed by atoms with Gasteiger partial charge in [-0.1, -0.05) is 0 Å². The van der Waals surface area contributed by atoms with Gasteiger partial charge in [-0.05, 0) is 32.2 Å². The molecule has 1 N–H and O–H groups in total. The van der Waals surface area contributed by atoms with Crippen molar-refractivity contribution in [3.05, 3.63) is 40.4 Å². The smallest absolute Gasteiger partial charge is 0.315 e. The maximum atomic E-state index is 12.6. The number of hydrogen-bond donors (Lipinski definition) is 1. The number of benzene rings is 1. The van der Waals surface area contributed by atoms with E-state index in [2.05, 4.69) is 10.3 Å². The Labute approximate surface area is 113 Å². The molecule has 1 aromatic carbocycles. The fraction of sp³-hybridized carbons (Fsp3) is 0.385. The topological polar surface area (TPSA) is 46.9 Å². The molecule has 0 bridgehead atoms. The summed E-state index contributed by atoms with van der Waals surface area (Å²) < 4.78 is 39.2. The number of nitrogens with one attached hydrogen (secondary N) is 1. The summed E-state index contributed by atoms with van der Waals surface area (Å²) in [5, 5.41) is 3.17. The Kier molecular flexibility index (Phi) is 3.80. The fourth-order valence-electron chi connectivity index (χ4n) is 1.85. The lowest BCUT2D eigenvalue weighted by atomic mass is 10.1. The van der Waals surface area contributed by atoms with Gasteiger partial charge in [-0.25, -0.2) is 4.98 Å². The zero-order chi connectivity index (χ0) is 14.9. The number of aromatic nitrogens is 2. The second-order valence-electron chi connectivity index (χ2n) is 4.62. The van der Waals surface area contributed by atoms with Crippen LogP contribution in [-0.2, 0) is 12.7 Å². The van der Waals surface area contributed by atoms with Gasteiger partial charge in [-0.3, -0.25) is 9.36 Å². The van der Waals surface area contributed by atoms with Crippen LogP contribution in [0, 0.1) is 0 Å². The van der Waals surface area contributed by atoms with Crippen LogP contribution in [0.1, 0.15) is 12.5 Å². The van der Waals surface area contributed by atoms with Gasteiger partial charge in [0.05, 0.1) is 22.8 Å². The van der Waals surface area contributed by atoms with Crippen LogP contribution in [0.3, 0.4) is 0 Å². The maximum absolute atomic E-state index is 12.6. The summed E-state index contributed by atoms with van der Waals surface area (Å²) in [7, 11) is 1.76. The minimum atomic E-state index is -4.44. The van der Waals surface area contributed by atoms with E-state index >= 15 is 0 Å². The van der Waals surface area contributed by atoms with Gasteiger partial charge in [0.25, 0.3) is 5.56 Å². The summed E-state index contributed by atoms with van der Waals surface area (Å²) >= 11 is 0. The van der Waals surface area contributed by atoms with Crippen molar-refractivity contribution >= 4 is 10.9 Å². The fourth-order valence-corrected chi connectivity index (χ4v) is 1.85. The molecule has 0 saturated heterocycles. The van der Waals surface area contributed by atoms with E-state index < -0.39 is 11.7 Å². The average molecular weight is 285 g/mol. The lowest BCUT2D eigenvalue weighted by molar-refractivity contribution is -0.137. The molecule has 108 valence electrons. The van der Waals surface area contributed by atoms with Crippen molar-refractivity contribution in [3.8, 4) is 0 Å². The molecule has 0 spiro atoms. The third-order valence-corrected chi connectivity index (χ3v) is 3.12. The lowest BCUT2D eigenvalue weighted by Gasteiger charge is -2.13. The quantitative estimate of drug-likeness (QED) is 0.938. The highest BCUT2D eigenvalue weighted by molar-refractivity contribution is 5.78. The van der Waals surface area contributed by atoms with Crippen LogP contribution in [0.5, 0.6) is 0 Å². The van der Waals surface area contributed by atoms with Crippen molar-refractivity contribution in [1.29, 1.82) is 0 Å². The Morgan fingerprint density at radius 2 is 2.10 bits per heavy atom. The highest BCUT2D eigenvalue weighted by Crippen LogP contribution is 2.30. The number of nitrogens with zero attached hydrogens (tertiary/aromatic N) is 2. The number of likely N-dealkylation sites (N-methyl/N-ethyl adjacent to an activating group) is 1. The van der Waals surface area contributed by atoms with Gasteiger partial charge in [0, 0.05) is 12.6 Å². The van der Waals surface area contributed by atoms with Gasteiger partial charge in [0.15, 0.2) is 0 Å². The third-order valence-electron chi connectivity index (χ3n) is 3.12. The second-order valence-corrected chi connectivity index (χ2v) is 4.62. The summed E-state index contributed by atoms with van der Waals surface area (Å²) in [5.74, 6) is 0. The van der Waals surface area contributed by atoms with Gasteiger partial charge in [0.2, 0.25) is 0 Å². The zero-order valence-corrected chi connectivity index (χ0v) is 11.0. The lowest BCUT2D eigenvalue weighted by Crippen LogP contribution is -2.32. The minimum absolute atomic E-state index is 0.0539. The molecule has 0 aliphatic heterocycles. The molecule has 20 heavy (non-hydrogen) atoms. The molecule has 2 rings (SSSR count). The largest absolute Gasteiger partial charge is 0.416 e. The zero-order valence-electron chi connectivity index (χ0n) is 11.0. The van der Waals surface area contributed by atoms with Crippen LogP contribution in [0.4, 0.5) is 13.2 Å². The number of rotatable bonds is 3. The van der Waals surface area contributed by atoms with E-state index in [1.165, 1.54) is 17.0 Å². The summed E-state index contributed by atoms with van der Waals surface area (Å²) in [5.41, 5.74) is -1.10. The molecular weight excluding hydrogens is 271 g/mol. The van der Waals surface area contributed by atoms with Gasteiger partial charge >= 0.3 is 6.18 Å². The molecule has 7 heteroatoms. The maximum Gasteiger partial charge on any atom is 0.416 e. The standard InChI is InChI=1S/C13H14F3N3O/c1-8(17-2)6-19-7-18-11-5-9(13(14,15)16)3-4-10(11)12(19)20/h3-5,7-8,17H,6H2,1-2H3. The number of halogens is 3. The molecule has 2 aromatic rings. The molecule has 0 aliphatic carbocycles. The van der Waals surface area contributed by atoms with Crippen molar-refractivity contribution in [2.45, 2.75) is 25.7 Å². The van der Waals surface area contributed by atoms with E-state index in [-0.39, 0.29) is 22.5 Å². The van der Waals surface area contributed by atoms with Crippen molar-refractivity contribution in [2.75, 3.05) is 7.05 Å². The van der Waals surface area contributed by atoms with Gasteiger partial charge < -0.3 is 5.32 Å². The van der Waals surface area contributed by atoms with Crippen molar-refractivity contribution in [1.82, 2.24) is 14.9 Å². The number of fused-ring (bicyclic) bond motifs is 1. The van der Waals surface area contributed by atoms with Gasteiger partial charge in [-0.2, -0.15) is 13.2 Å².